The molecule has 4 heteroatoms. The highest BCUT2D eigenvalue weighted by Gasteiger charge is 2.33. The van der Waals surface area contributed by atoms with Crippen LogP contribution in [0.5, 0.6) is 0 Å². The van der Waals surface area contributed by atoms with Gasteiger partial charge in [-0.15, -0.1) is 0 Å². The molecule has 4 nitrogen and oxygen atoms in total. The number of amides is 1. The molecule has 2 N–H and O–H groups in total. The van der Waals surface area contributed by atoms with E-state index in [1.165, 1.54) is 0 Å². The Morgan fingerprint density at radius 3 is 2.40 bits per heavy atom. The molecule has 1 saturated heterocycles. The molecule has 1 fully saturated rings. The van der Waals surface area contributed by atoms with E-state index in [1.54, 1.807) is 0 Å². The lowest BCUT2D eigenvalue weighted by Gasteiger charge is -2.26. The molecule has 0 aromatic carbocycles. The maximum atomic E-state index is 12.0. The fraction of sp³-hybridized carbons (Fsp3) is 0.909. The Morgan fingerprint density at radius 1 is 1.40 bits per heavy atom. The van der Waals surface area contributed by atoms with Crippen molar-refractivity contribution < 1.29 is 9.90 Å². The lowest BCUT2D eigenvalue weighted by atomic mass is 10.1. The third-order valence-electron chi connectivity index (χ3n) is 2.75. The van der Waals surface area contributed by atoms with Gasteiger partial charge in [-0.25, -0.2) is 0 Å². The Bertz CT molecular complexity index is 203. The molecular formula is C11H22N2O2. The number of aliphatic hydroxyl groups excluding tert-OH is 1. The standard InChI is InChI=1S/C11H22N2O2/c1-3-7-13(8-4-2)11(15)10-9(14)5-6-12-10/h9-10,12,14H,3-8H2,1-2H3/t9?,10-/m0/s1. The van der Waals surface area contributed by atoms with Crippen LogP contribution >= 0.6 is 0 Å². The van der Waals surface area contributed by atoms with Crippen molar-refractivity contribution in [2.45, 2.75) is 45.3 Å². The van der Waals surface area contributed by atoms with Crippen molar-refractivity contribution >= 4 is 5.91 Å². The minimum absolute atomic E-state index is 0.0590. The summed E-state index contributed by atoms with van der Waals surface area (Å²) in [5.74, 6) is 0.0590. The van der Waals surface area contributed by atoms with E-state index in [4.69, 9.17) is 0 Å². The SMILES string of the molecule is CCCN(CCC)C(=O)[C@H]1NCCC1O. The molecule has 1 amide bonds. The number of aliphatic hydroxyl groups is 1. The molecule has 1 aliphatic heterocycles. The van der Waals surface area contributed by atoms with Crippen molar-refractivity contribution in [3.05, 3.63) is 0 Å². The molecular weight excluding hydrogens is 192 g/mol. The second-order valence-electron chi connectivity index (χ2n) is 4.11. The van der Waals surface area contributed by atoms with Crippen LogP contribution in [0.1, 0.15) is 33.1 Å². The number of nitrogens with one attached hydrogen (secondary N) is 1. The second kappa shape index (κ2) is 6.08. The largest absolute Gasteiger partial charge is 0.391 e. The highest BCUT2D eigenvalue weighted by atomic mass is 16.3. The fourth-order valence-corrected chi connectivity index (χ4v) is 2.01. The molecule has 1 rings (SSSR count). The molecule has 0 aliphatic carbocycles. The Kier molecular flexibility index (Phi) is 5.05. The molecule has 1 aliphatic rings. The summed E-state index contributed by atoms with van der Waals surface area (Å²) in [7, 11) is 0. The minimum atomic E-state index is -0.506. The topological polar surface area (TPSA) is 52.6 Å². The molecule has 1 heterocycles. The van der Waals surface area contributed by atoms with Crippen LogP contribution in [0.15, 0.2) is 0 Å². The first kappa shape index (κ1) is 12.5. The van der Waals surface area contributed by atoms with Crippen LogP contribution in [-0.2, 0) is 4.79 Å². The number of carbonyl (C=O) groups excluding carboxylic acids is 1. The summed E-state index contributed by atoms with van der Waals surface area (Å²) in [6.07, 6.45) is 2.11. The number of rotatable bonds is 5. The summed E-state index contributed by atoms with van der Waals surface area (Å²) in [6.45, 7) is 6.45. The smallest absolute Gasteiger partial charge is 0.242 e. The first-order valence-corrected chi connectivity index (χ1v) is 5.91. The quantitative estimate of drug-likeness (QED) is 0.694. The molecule has 2 atom stereocenters. The average molecular weight is 214 g/mol. The normalized spacial score (nSPS) is 25.5. The van der Waals surface area contributed by atoms with Gasteiger partial charge in [-0.3, -0.25) is 4.79 Å². The van der Waals surface area contributed by atoms with Gasteiger partial charge in [0, 0.05) is 13.1 Å². The van der Waals surface area contributed by atoms with E-state index < -0.39 is 6.10 Å². The van der Waals surface area contributed by atoms with Crippen molar-refractivity contribution in [1.29, 1.82) is 0 Å². The zero-order chi connectivity index (χ0) is 11.3. The van der Waals surface area contributed by atoms with Crippen LogP contribution in [0.2, 0.25) is 0 Å². The van der Waals surface area contributed by atoms with E-state index in [0.29, 0.717) is 6.42 Å². The Labute approximate surface area is 91.6 Å². The molecule has 0 spiro atoms. The highest BCUT2D eigenvalue weighted by molar-refractivity contribution is 5.82. The zero-order valence-corrected chi connectivity index (χ0v) is 9.70. The first-order valence-electron chi connectivity index (χ1n) is 5.91. The summed E-state index contributed by atoms with van der Waals surface area (Å²) in [5, 5.41) is 12.7. The molecule has 0 radical (unpaired) electrons. The van der Waals surface area contributed by atoms with E-state index in [2.05, 4.69) is 19.2 Å². The van der Waals surface area contributed by atoms with Crippen LogP contribution in [0.4, 0.5) is 0 Å². The van der Waals surface area contributed by atoms with Gasteiger partial charge in [0.25, 0.3) is 0 Å². The molecule has 0 bridgehead atoms. The second-order valence-corrected chi connectivity index (χ2v) is 4.11. The van der Waals surface area contributed by atoms with E-state index in [0.717, 1.165) is 32.5 Å². The van der Waals surface area contributed by atoms with Crippen LogP contribution in [0, 0.1) is 0 Å². The minimum Gasteiger partial charge on any atom is -0.391 e. The average Bonchev–Trinajstić information content (AvgIpc) is 2.63. The van der Waals surface area contributed by atoms with Crippen molar-refractivity contribution in [2.75, 3.05) is 19.6 Å². The van der Waals surface area contributed by atoms with Crippen LogP contribution < -0.4 is 5.32 Å². The van der Waals surface area contributed by atoms with Crippen molar-refractivity contribution in [1.82, 2.24) is 10.2 Å². The zero-order valence-electron chi connectivity index (χ0n) is 9.70. The summed E-state index contributed by atoms with van der Waals surface area (Å²) < 4.78 is 0. The van der Waals surface area contributed by atoms with Crippen molar-refractivity contribution in [3.8, 4) is 0 Å². The maximum absolute atomic E-state index is 12.0. The Morgan fingerprint density at radius 2 is 2.00 bits per heavy atom. The van der Waals surface area contributed by atoms with Crippen molar-refractivity contribution in [3.63, 3.8) is 0 Å². The Balaban J connectivity index is 2.54. The van der Waals surface area contributed by atoms with E-state index >= 15 is 0 Å². The highest BCUT2D eigenvalue weighted by Crippen LogP contribution is 2.10. The van der Waals surface area contributed by atoms with Gasteiger partial charge in [0.15, 0.2) is 0 Å². The van der Waals surface area contributed by atoms with E-state index in [9.17, 15) is 9.90 Å². The fourth-order valence-electron chi connectivity index (χ4n) is 2.01. The number of carbonyl (C=O) groups is 1. The summed E-state index contributed by atoms with van der Waals surface area (Å²) in [5.41, 5.74) is 0. The van der Waals surface area contributed by atoms with Gasteiger partial charge in [-0.05, 0) is 25.8 Å². The van der Waals surface area contributed by atoms with Crippen LogP contribution in [0.3, 0.4) is 0 Å². The molecule has 88 valence electrons. The summed E-state index contributed by atoms with van der Waals surface area (Å²) >= 11 is 0. The number of nitrogens with zero attached hydrogens (tertiary/aromatic N) is 1. The lowest BCUT2D eigenvalue weighted by Crippen LogP contribution is -2.48. The van der Waals surface area contributed by atoms with Gasteiger partial charge in [0.05, 0.1) is 6.10 Å². The van der Waals surface area contributed by atoms with Gasteiger partial charge < -0.3 is 15.3 Å². The van der Waals surface area contributed by atoms with Crippen LogP contribution in [0.25, 0.3) is 0 Å². The predicted molar refractivity (Wildman–Crippen MR) is 59.6 cm³/mol. The van der Waals surface area contributed by atoms with E-state index in [-0.39, 0.29) is 11.9 Å². The summed E-state index contributed by atoms with van der Waals surface area (Å²) in [4.78, 5) is 13.9. The van der Waals surface area contributed by atoms with Gasteiger partial charge in [0.2, 0.25) is 5.91 Å². The number of hydrogen-bond donors (Lipinski definition) is 2. The molecule has 1 unspecified atom stereocenters. The Hall–Kier alpha value is -0.610. The molecule has 0 aromatic rings. The van der Waals surface area contributed by atoms with Gasteiger partial charge >= 0.3 is 0 Å². The summed E-state index contributed by atoms with van der Waals surface area (Å²) in [6, 6.07) is -0.372. The first-order chi connectivity index (χ1) is 7.20. The van der Waals surface area contributed by atoms with Gasteiger partial charge in [0.1, 0.15) is 6.04 Å². The maximum Gasteiger partial charge on any atom is 0.242 e. The van der Waals surface area contributed by atoms with E-state index in [1.807, 2.05) is 4.90 Å². The lowest BCUT2D eigenvalue weighted by molar-refractivity contribution is -0.135. The molecule has 0 saturated carbocycles. The molecule has 0 aromatic heterocycles. The third kappa shape index (κ3) is 3.18. The van der Waals surface area contributed by atoms with Crippen molar-refractivity contribution in [2.24, 2.45) is 0 Å². The van der Waals surface area contributed by atoms with Gasteiger partial charge in [-0.2, -0.15) is 0 Å². The third-order valence-corrected chi connectivity index (χ3v) is 2.75. The number of hydrogen-bond acceptors (Lipinski definition) is 3. The monoisotopic (exact) mass is 214 g/mol. The van der Waals surface area contributed by atoms with Crippen LogP contribution in [-0.4, -0.2) is 47.7 Å². The van der Waals surface area contributed by atoms with Gasteiger partial charge in [-0.1, -0.05) is 13.8 Å². The molecule has 15 heavy (non-hydrogen) atoms. The predicted octanol–water partition coefficient (Wildman–Crippen LogP) is 0.358.